The second-order valence-corrected chi connectivity index (χ2v) is 4.01. The number of carbonyl (C=O) groups excluding carboxylic acids is 1. The van der Waals surface area contributed by atoms with Crippen LogP contribution in [0.2, 0.25) is 0 Å². The quantitative estimate of drug-likeness (QED) is 0.835. The van der Waals surface area contributed by atoms with Crippen LogP contribution in [-0.4, -0.2) is 37.0 Å². The number of benzene rings is 1. The second kappa shape index (κ2) is 4.61. The Hall–Kier alpha value is -1.42. The minimum absolute atomic E-state index is 0.00787. The summed E-state index contributed by atoms with van der Waals surface area (Å²) >= 11 is 0. The van der Waals surface area contributed by atoms with Crippen LogP contribution in [0.15, 0.2) is 24.3 Å². The SMILES string of the molecule is CNCC1CCN1C(=O)c1ccc(F)cc1. The van der Waals surface area contributed by atoms with Crippen molar-refractivity contribution in [1.29, 1.82) is 0 Å². The van der Waals surface area contributed by atoms with E-state index in [4.69, 9.17) is 0 Å². The minimum Gasteiger partial charge on any atom is -0.334 e. The highest BCUT2D eigenvalue weighted by molar-refractivity contribution is 5.94. The third-order valence-electron chi connectivity index (χ3n) is 2.94. The lowest BCUT2D eigenvalue weighted by molar-refractivity contribution is 0.0468. The van der Waals surface area contributed by atoms with Gasteiger partial charge in [-0.2, -0.15) is 0 Å². The molecule has 0 aromatic heterocycles. The number of nitrogens with zero attached hydrogens (tertiary/aromatic N) is 1. The van der Waals surface area contributed by atoms with Crippen molar-refractivity contribution in [2.24, 2.45) is 0 Å². The predicted octanol–water partition coefficient (Wildman–Crippen LogP) is 1.26. The summed E-state index contributed by atoms with van der Waals surface area (Å²) in [5.41, 5.74) is 0.558. The van der Waals surface area contributed by atoms with Crippen LogP contribution >= 0.6 is 0 Å². The summed E-state index contributed by atoms with van der Waals surface area (Å²) in [6.45, 7) is 1.61. The van der Waals surface area contributed by atoms with Gasteiger partial charge in [0.25, 0.3) is 5.91 Å². The molecule has 1 aromatic rings. The Kier molecular flexibility index (Phi) is 3.19. The summed E-state index contributed by atoms with van der Waals surface area (Å²) in [5, 5.41) is 3.06. The van der Waals surface area contributed by atoms with E-state index in [0.29, 0.717) is 5.56 Å². The minimum atomic E-state index is -0.313. The van der Waals surface area contributed by atoms with Gasteiger partial charge in [-0.1, -0.05) is 0 Å². The van der Waals surface area contributed by atoms with E-state index in [1.165, 1.54) is 24.3 Å². The molecule has 0 aliphatic carbocycles. The second-order valence-electron chi connectivity index (χ2n) is 4.01. The van der Waals surface area contributed by atoms with Crippen molar-refractivity contribution in [1.82, 2.24) is 10.2 Å². The normalized spacial score (nSPS) is 19.4. The summed E-state index contributed by atoms with van der Waals surface area (Å²) in [5.74, 6) is -0.321. The Morgan fingerprint density at radius 1 is 1.50 bits per heavy atom. The number of amides is 1. The molecule has 1 fully saturated rings. The lowest BCUT2D eigenvalue weighted by Crippen LogP contribution is -2.54. The number of likely N-dealkylation sites (N-methyl/N-ethyl adjacent to an activating group) is 1. The Bertz CT molecular complexity index is 377. The molecular formula is C12H15FN2O. The van der Waals surface area contributed by atoms with E-state index in [1.807, 2.05) is 11.9 Å². The van der Waals surface area contributed by atoms with Gasteiger partial charge in [-0.25, -0.2) is 4.39 Å². The molecule has 0 bridgehead atoms. The highest BCUT2D eigenvalue weighted by Crippen LogP contribution is 2.20. The first-order chi connectivity index (χ1) is 7.72. The van der Waals surface area contributed by atoms with Gasteiger partial charge in [0.05, 0.1) is 0 Å². The predicted molar refractivity (Wildman–Crippen MR) is 59.8 cm³/mol. The van der Waals surface area contributed by atoms with E-state index in [0.717, 1.165) is 19.5 Å². The van der Waals surface area contributed by atoms with Crippen molar-refractivity contribution in [3.8, 4) is 0 Å². The van der Waals surface area contributed by atoms with Crippen LogP contribution in [0.1, 0.15) is 16.8 Å². The van der Waals surface area contributed by atoms with Crippen LogP contribution in [0.3, 0.4) is 0 Å². The molecule has 2 rings (SSSR count). The molecule has 3 nitrogen and oxygen atoms in total. The standard InChI is InChI=1S/C12H15FN2O/c1-14-8-11-6-7-15(11)12(16)9-2-4-10(13)5-3-9/h2-5,11,14H,6-8H2,1H3. The van der Waals surface area contributed by atoms with Crippen molar-refractivity contribution in [2.75, 3.05) is 20.1 Å². The Morgan fingerprint density at radius 3 is 2.69 bits per heavy atom. The topological polar surface area (TPSA) is 32.3 Å². The average Bonchev–Trinajstić information content (AvgIpc) is 2.25. The van der Waals surface area contributed by atoms with Gasteiger partial charge in [0, 0.05) is 24.7 Å². The van der Waals surface area contributed by atoms with Gasteiger partial charge in [0.15, 0.2) is 0 Å². The van der Waals surface area contributed by atoms with Gasteiger partial charge in [-0.05, 0) is 37.7 Å². The van der Waals surface area contributed by atoms with Crippen molar-refractivity contribution >= 4 is 5.91 Å². The van der Waals surface area contributed by atoms with Gasteiger partial charge in [-0.3, -0.25) is 4.79 Å². The summed E-state index contributed by atoms with van der Waals surface area (Å²) < 4.78 is 12.7. The molecule has 0 saturated carbocycles. The lowest BCUT2D eigenvalue weighted by atomic mass is 10.0. The van der Waals surface area contributed by atoms with Crippen molar-refractivity contribution in [2.45, 2.75) is 12.5 Å². The highest BCUT2D eigenvalue weighted by Gasteiger charge is 2.31. The molecule has 1 aliphatic heterocycles. The largest absolute Gasteiger partial charge is 0.334 e. The fourth-order valence-corrected chi connectivity index (χ4v) is 1.91. The molecule has 0 radical (unpaired) electrons. The van der Waals surface area contributed by atoms with E-state index in [1.54, 1.807) is 0 Å². The molecule has 0 spiro atoms. The molecule has 1 atom stereocenters. The molecule has 16 heavy (non-hydrogen) atoms. The first-order valence-electron chi connectivity index (χ1n) is 5.43. The molecule has 1 heterocycles. The number of rotatable bonds is 3. The fraction of sp³-hybridized carbons (Fsp3) is 0.417. The smallest absolute Gasteiger partial charge is 0.254 e. The zero-order chi connectivity index (χ0) is 11.5. The van der Waals surface area contributed by atoms with Crippen LogP contribution in [-0.2, 0) is 0 Å². The molecule has 1 aromatic carbocycles. The fourth-order valence-electron chi connectivity index (χ4n) is 1.91. The molecule has 1 saturated heterocycles. The monoisotopic (exact) mass is 222 g/mol. The van der Waals surface area contributed by atoms with Crippen LogP contribution in [0.25, 0.3) is 0 Å². The summed E-state index contributed by atoms with van der Waals surface area (Å²) in [7, 11) is 1.87. The maximum absolute atomic E-state index is 12.7. The van der Waals surface area contributed by atoms with Crippen LogP contribution in [0, 0.1) is 5.82 Å². The number of hydrogen-bond acceptors (Lipinski definition) is 2. The summed E-state index contributed by atoms with van der Waals surface area (Å²) in [6, 6.07) is 5.99. The number of likely N-dealkylation sites (tertiary alicyclic amines) is 1. The maximum Gasteiger partial charge on any atom is 0.254 e. The average molecular weight is 222 g/mol. The van der Waals surface area contributed by atoms with Gasteiger partial charge >= 0.3 is 0 Å². The summed E-state index contributed by atoms with van der Waals surface area (Å²) in [4.78, 5) is 13.8. The maximum atomic E-state index is 12.7. The van der Waals surface area contributed by atoms with E-state index in [9.17, 15) is 9.18 Å². The number of nitrogens with one attached hydrogen (secondary N) is 1. The Morgan fingerprint density at radius 2 is 2.19 bits per heavy atom. The van der Waals surface area contributed by atoms with Crippen molar-refractivity contribution < 1.29 is 9.18 Å². The molecule has 1 unspecified atom stereocenters. The molecular weight excluding hydrogens is 207 g/mol. The van der Waals surface area contributed by atoms with Gasteiger partial charge in [0.1, 0.15) is 5.82 Å². The first kappa shape index (κ1) is 11.1. The Balaban J connectivity index is 2.05. The number of carbonyl (C=O) groups is 1. The van der Waals surface area contributed by atoms with Gasteiger partial charge < -0.3 is 10.2 Å². The van der Waals surface area contributed by atoms with Crippen LogP contribution in [0.4, 0.5) is 4.39 Å². The van der Waals surface area contributed by atoms with Crippen LogP contribution < -0.4 is 5.32 Å². The molecule has 1 amide bonds. The third kappa shape index (κ3) is 2.07. The van der Waals surface area contributed by atoms with Crippen molar-refractivity contribution in [3.63, 3.8) is 0 Å². The number of hydrogen-bond donors (Lipinski definition) is 1. The zero-order valence-electron chi connectivity index (χ0n) is 9.24. The number of halogens is 1. The Labute approximate surface area is 94.3 Å². The molecule has 1 aliphatic rings. The molecule has 86 valence electrons. The first-order valence-corrected chi connectivity index (χ1v) is 5.43. The van der Waals surface area contributed by atoms with E-state index < -0.39 is 0 Å². The van der Waals surface area contributed by atoms with E-state index in [-0.39, 0.29) is 17.8 Å². The van der Waals surface area contributed by atoms with Gasteiger partial charge in [-0.15, -0.1) is 0 Å². The third-order valence-corrected chi connectivity index (χ3v) is 2.94. The highest BCUT2D eigenvalue weighted by atomic mass is 19.1. The van der Waals surface area contributed by atoms with Crippen molar-refractivity contribution in [3.05, 3.63) is 35.6 Å². The van der Waals surface area contributed by atoms with E-state index in [2.05, 4.69) is 5.32 Å². The lowest BCUT2D eigenvalue weighted by Gasteiger charge is -2.41. The summed E-state index contributed by atoms with van der Waals surface area (Å²) in [6.07, 6.45) is 1.04. The van der Waals surface area contributed by atoms with E-state index >= 15 is 0 Å². The molecule has 4 heteroatoms. The van der Waals surface area contributed by atoms with Crippen LogP contribution in [0.5, 0.6) is 0 Å². The van der Waals surface area contributed by atoms with Gasteiger partial charge in [0.2, 0.25) is 0 Å². The zero-order valence-corrected chi connectivity index (χ0v) is 9.24. The molecule has 1 N–H and O–H groups in total.